The molecular formula is C37H38N6O8. The minimum Gasteiger partial charge on any atom is -0.497 e. The maximum Gasteiger partial charge on any atom is 0.222 e. The van der Waals surface area contributed by atoms with Crippen molar-refractivity contribution in [1.82, 2.24) is 19.5 Å². The van der Waals surface area contributed by atoms with Gasteiger partial charge in [-0.2, -0.15) is 5.26 Å². The summed E-state index contributed by atoms with van der Waals surface area (Å²) >= 11 is 0. The van der Waals surface area contributed by atoms with Crippen LogP contribution in [0, 0.1) is 11.3 Å². The Balaban J connectivity index is 1.39. The van der Waals surface area contributed by atoms with Gasteiger partial charge in [0.05, 0.1) is 46.3 Å². The number of aliphatic hydroxyl groups excluding tert-OH is 1. The Kier molecular flexibility index (Phi) is 11.2. The molecule has 5 aromatic rings. The van der Waals surface area contributed by atoms with Gasteiger partial charge in [-0.1, -0.05) is 54.6 Å². The topological polar surface area (TPSA) is 172 Å². The highest BCUT2D eigenvalue weighted by atomic mass is 16.7. The van der Waals surface area contributed by atoms with Gasteiger partial charge in [-0.3, -0.25) is 9.36 Å². The molecule has 51 heavy (non-hydrogen) atoms. The van der Waals surface area contributed by atoms with Gasteiger partial charge >= 0.3 is 0 Å². The monoisotopic (exact) mass is 694 g/mol. The van der Waals surface area contributed by atoms with E-state index in [1.165, 1.54) is 19.6 Å². The van der Waals surface area contributed by atoms with Gasteiger partial charge in [-0.15, -0.1) is 0 Å². The van der Waals surface area contributed by atoms with Gasteiger partial charge in [0, 0.05) is 6.92 Å². The summed E-state index contributed by atoms with van der Waals surface area (Å²) in [7, 11) is 3.22. The van der Waals surface area contributed by atoms with Crippen LogP contribution < -0.4 is 14.8 Å². The van der Waals surface area contributed by atoms with Crippen molar-refractivity contribution in [3.63, 3.8) is 0 Å². The number of hydrogen-bond acceptors (Lipinski definition) is 12. The van der Waals surface area contributed by atoms with Crippen molar-refractivity contribution in [2.75, 3.05) is 39.5 Å². The summed E-state index contributed by atoms with van der Waals surface area (Å²) in [5.74, 6) is 1.27. The summed E-state index contributed by atoms with van der Waals surface area (Å²) in [4.78, 5) is 24.7. The molecule has 0 saturated carbocycles. The number of aliphatic hydroxyl groups is 1. The summed E-state index contributed by atoms with van der Waals surface area (Å²) in [6.45, 7) is 1.28. The average molecular weight is 695 g/mol. The summed E-state index contributed by atoms with van der Waals surface area (Å²) in [6.07, 6.45) is -1.08. The Morgan fingerprint density at radius 2 is 1.61 bits per heavy atom. The van der Waals surface area contributed by atoms with Crippen LogP contribution in [0.25, 0.3) is 11.2 Å². The zero-order valence-electron chi connectivity index (χ0n) is 28.3. The predicted molar refractivity (Wildman–Crippen MR) is 184 cm³/mol. The van der Waals surface area contributed by atoms with Crippen LogP contribution in [0.5, 0.6) is 11.5 Å². The number of nitrogens with one attached hydrogen (secondary N) is 1. The number of benzene rings is 3. The molecule has 0 radical (unpaired) electrons. The highest BCUT2D eigenvalue weighted by molar-refractivity contribution is 5.95. The molecule has 1 aliphatic rings. The second-order valence-corrected chi connectivity index (χ2v) is 11.7. The number of anilines is 1. The minimum absolute atomic E-state index is 0.0534. The zero-order chi connectivity index (χ0) is 35.8. The summed E-state index contributed by atoms with van der Waals surface area (Å²) in [6, 6.07) is 27.1. The minimum atomic E-state index is -1.23. The lowest BCUT2D eigenvalue weighted by Crippen LogP contribution is -2.41. The number of nitrogens with zero attached hydrogens (tertiary/aromatic N) is 5. The highest BCUT2D eigenvalue weighted by Crippen LogP contribution is 2.43. The summed E-state index contributed by atoms with van der Waals surface area (Å²) in [5.41, 5.74) is 1.96. The second kappa shape index (κ2) is 16.1. The van der Waals surface area contributed by atoms with Gasteiger partial charge in [0.2, 0.25) is 5.91 Å². The van der Waals surface area contributed by atoms with Gasteiger partial charge in [-0.05, 0) is 41.0 Å². The molecule has 3 aromatic carbocycles. The molecule has 0 unspecified atom stereocenters. The first kappa shape index (κ1) is 35.4. The second-order valence-electron chi connectivity index (χ2n) is 11.7. The fraction of sp³-hybridized carbons (Fsp3) is 0.324. The number of imidazole rings is 1. The van der Waals surface area contributed by atoms with Gasteiger partial charge in [-0.25, -0.2) is 15.0 Å². The van der Waals surface area contributed by atoms with Crippen LogP contribution in [0.4, 0.5) is 5.82 Å². The van der Waals surface area contributed by atoms with Crippen LogP contribution in [0.1, 0.15) is 36.3 Å². The maximum absolute atomic E-state index is 11.8. The SMILES string of the molecule is COc1ccc(C(OC[C@H]2O[C@@H](n3cnc4c(NC(C)=O)ncnc43)[C@H](O)[C@@H]2OCOCCC#N)(c2ccccc2)c2ccc(OC)cc2)cc1. The molecule has 2 aromatic heterocycles. The third-order valence-electron chi connectivity index (χ3n) is 8.58. The van der Waals surface area contributed by atoms with Gasteiger partial charge in [0.25, 0.3) is 0 Å². The van der Waals surface area contributed by atoms with Crippen molar-refractivity contribution in [2.24, 2.45) is 0 Å². The molecule has 264 valence electrons. The van der Waals surface area contributed by atoms with Crippen LogP contribution in [0.2, 0.25) is 0 Å². The van der Waals surface area contributed by atoms with Gasteiger partial charge in [0.15, 0.2) is 23.2 Å². The smallest absolute Gasteiger partial charge is 0.222 e. The first-order valence-electron chi connectivity index (χ1n) is 16.2. The molecule has 2 N–H and O–H groups in total. The van der Waals surface area contributed by atoms with Crippen LogP contribution in [0.3, 0.4) is 0 Å². The van der Waals surface area contributed by atoms with Gasteiger partial charge in [0.1, 0.15) is 48.5 Å². The third kappa shape index (κ3) is 7.39. The number of carbonyl (C=O) groups is 1. The largest absolute Gasteiger partial charge is 0.497 e. The lowest BCUT2D eigenvalue weighted by molar-refractivity contribution is -0.142. The number of nitriles is 1. The number of fused-ring (bicyclic) bond motifs is 1. The van der Waals surface area contributed by atoms with Crippen molar-refractivity contribution in [3.05, 3.63) is 108 Å². The number of carbonyl (C=O) groups excluding carboxylic acids is 1. The van der Waals surface area contributed by atoms with E-state index in [2.05, 4.69) is 20.3 Å². The number of methoxy groups -OCH3 is 2. The summed E-state index contributed by atoms with van der Waals surface area (Å²) in [5, 5.41) is 23.4. The molecule has 1 fully saturated rings. The van der Waals surface area contributed by atoms with E-state index in [1.807, 2.05) is 84.9 Å². The first-order chi connectivity index (χ1) is 24.9. The van der Waals surface area contributed by atoms with E-state index in [4.69, 9.17) is 33.7 Å². The molecule has 1 saturated heterocycles. The maximum atomic E-state index is 11.8. The number of hydrogen-bond donors (Lipinski definition) is 2. The Bertz CT molecular complexity index is 1900. The highest BCUT2D eigenvalue weighted by Gasteiger charge is 2.48. The molecule has 14 nitrogen and oxygen atoms in total. The first-order valence-corrected chi connectivity index (χ1v) is 16.2. The van der Waals surface area contributed by atoms with E-state index in [0.717, 1.165) is 16.7 Å². The molecule has 3 heterocycles. The Morgan fingerprint density at radius 1 is 0.961 bits per heavy atom. The van der Waals surface area contributed by atoms with Crippen molar-refractivity contribution < 1.29 is 38.3 Å². The van der Waals surface area contributed by atoms with Crippen LogP contribution >= 0.6 is 0 Å². The number of ether oxygens (including phenoxy) is 6. The fourth-order valence-corrected chi connectivity index (χ4v) is 6.17. The van der Waals surface area contributed by atoms with E-state index in [-0.39, 0.29) is 38.2 Å². The van der Waals surface area contributed by atoms with Crippen molar-refractivity contribution in [1.29, 1.82) is 5.26 Å². The lowest BCUT2D eigenvalue weighted by Gasteiger charge is -2.37. The molecule has 1 aliphatic heterocycles. The van der Waals surface area contributed by atoms with Crippen molar-refractivity contribution >= 4 is 22.9 Å². The van der Waals surface area contributed by atoms with E-state index in [9.17, 15) is 9.90 Å². The van der Waals surface area contributed by atoms with Crippen LogP contribution in [0.15, 0.2) is 91.5 Å². The van der Waals surface area contributed by atoms with E-state index >= 15 is 0 Å². The normalized spacial score (nSPS) is 18.7. The molecule has 1 amide bonds. The summed E-state index contributed by atoms with van der Waals surface area (Å²) < 4.78 is 37.7. The predicted octanol–water partition coefficient (Wildman–Crippen LogP) is 4.34. The molecular weight excluding hydrogens is 656 g/mol. The van der Waals surface area contributed by atoms with E-state index in [1.54, 1.807) is 18.8 Å². The Hall–Kier alpha value is -5.43. The Labute approximate surface area is 294 Å². The van der Waals surface area contributed by atoms with E-state index in [0.29, 0.717) is 22.7 Å². The standard InChI is InChI=1S/C37H38N6O8/c1-24(44)42-34-31-35(40-21-39-34)43(22-41-31)36-32(45)33(49-23-48-19-7-18-38)30(51-36)20-50-37(25-8-5-4-6-9-25,26-10-14-28(46-2)15-11-26)27-12-16-29(47-3)17-13-27/h4-6,8-17,21-22,30,32-33,36,45H,7,19-20,23H2,1-3H3,(H,39,40,42,44)/t30-,32-,33-,36-/m1/s1. The Morgan fingerprint density at radius 3 is 2.22 bits per heavy atom. The quantitative estimate of drug-likeness (QED) is 0.0904. The molecule has 0 spiro atoms. The molecule has 0 aliphatic carbocycles. The van der Waals surface area contributed by atoms with Gasteiger partial charge < -0.3 is 38.8 Å². The number of rotatable bonds is 15. The molecule has 14 heteroatoms. The van der Waals surface area contributed by atoms with Crippen molar-refractivity contribution in [3.8, 4) is 17.6 Å². The lowest BCUT2D eigenvalue weighted by atomic mass is 9.80. The molecule has 0 bridgehead atoms. The van der Waals surface area contributed by atoms with Crippen LogP contribution in [-0.2, 0) is 29.3 Å². The van der Waals surface area contributed by atoms with E-state index < -0.39 is 30.1 Å². The molecule has 6 rings (SSSR count). The average Bonchev–Trinajstić information content (AvgIpc) is 3.73. The zero-order valence-corrected chi connectivity index (χ0v) is 28.3. The van der Waals surface area contributed by atoms with Crippen molar-refractivity contribution in [2.45, 2.75) is 43.5 Å². The number of amides is 1. The third-order valence-corrected chi connectivity index (χ3v) is 8.58. The van der Waals surface area contributed by atoms with Crippen LogP contribution in [-0.4, -0.2) is 83.1 Å². The fourth-order valence-electron chi connectivity index (χ4n) is 6.17. The number of aromatic nitrogens is 4. The molecule has 4 atom stereocenters.